The smallest absolute Gasteiger partial charge is 0.0997 e. The number of hydrogen-bond donors (Lipinski definition) is 1. The van der Waals surface area contributed by atoms with Crippen molar-refractivity contribution in [1.29, 1.82) is 5.26 Å². The highest BCUT2D eigenvalue weighted by molar-refractivity contribution is 5.47. The number of aryl methyl sites for hydroxylation is 2. The quantitative estimate of drug-likeness (QED) is 0.743. The molecule has 2 nitrogen and oxygen atoms in total. The first-order valence-electron chi connectivity index (χ1n) is 4.30. The topological polar surface area (TPSA) is 44.0 Å². The fourth-order valence-corrected chi connectivity index (χ4v) is 1.46. The third-order valence-electron chi connectivity index (χ3n) is 2.23. The summed E-state index contributed by atoms with van der Waals surface area (Å²) < 4.78 is 0. The molecule has 0 atom stereocenters. The zero-order valence-electron chi connectivity index (χ0n) is 7.96. The average Bonchev–Trinajstić information content (AvgIpc) is 2.12. The van der Waals surface area contributed by atoms with Gasteiger partial charge in [0.2, 0.25) is 0 Å². The van der Waals surface area contributed by atoms with Crippen molar-refractivity contribution < 1.29 is 5.11 Å². The summed E-state index contributed by atoms with van der Waals surface area (Å²) in [5, 5.41) is 17.8. The molecular formula is C11H13NO. The van der Waals surface area contributed by atoms with Crippen LogP contribution in [0.25, 0.3) is 0 Å². The number of nitrogens with zero attached hydrogens (tertiary/aromatic N) is 1. The Hall–Kier alpha value is -1.33. The van der Waals surface area contributed by atoms with E-state index in [4.69, 9.17) is 10.4 Å². The van der Waals surface area contributed by atoms with E-state index in [1.54, 1.807) is 0 Å². The summed E-state index contributed by atoms with van der Waals surface area (Å²) in [4.78, 5) is 0. The molecule has 0 saturated carbocycles. The van der Waals surface area contributed by atoms with Crippen molar-refractivity contribution in [3.05, 3.63) is 34.4 Å². The van der Waals surface area contributed by atoms with Crippen LogP contribution in [-0.2, 0) is 6.42 Å². The molecule has 13 heavy (non-hydrogen) atoms. The molecule has 0 radical (unpaired) electrons. The summed E-state index contributed by atoms with van der Waals surface area (Å²) >= 11 is 0. The van der Waals surface area contributed by atoms with Crippen LogP contribution in [0, 0.1) is 25.2 Å². The molecule has 0 heterocycles. The molecule has 0 aliphatic heterocycles. The van der Waals surface area contributed by atoms with Crippen LogP contribution in [0.2, 0.25) is 0 Å². The number of aliphatic hydroxyl groups excluding tert-OH is 1. The Kier molecular flexibility index (Phi) is 3.05. The zero-order valence-corrected chi connectivity index (χ0v) is 7.96. The predicted molar refractivity (Wildman–Crippen MR) is 51.4 cm³/mol. The van der Waals surface area contributed by atoms with E-state index in [2.05, 4.69) is 6.07 Å². The second kappa shape index (κ2) is 4.06. The lowest BCUT2D eigenvalue weighted by Gasteiger charge is -2.08. The van der Waals surface area contributed by atoms with Crippen molar-refractivity contribution in [2.24, 2.45) is 0 Å². The Labute approximate surface area is 78.4 Å². The molecule has 1 rings (SSSR count). The standard InChI is InChI=1S/C11H13NO/c1-8-3-4-9(2)11(7-12)10(8)5-6-13/h3-4,13H,5-6H2,1-2H3. The Morgan fingerprint density at radius 1 is 1.31 bits per heavy atom. The Bertz CT molecular complexity index is 350. The lowest BCUT2D eigenvalue weighted by atomic mass is 9.96. The van der Waals surface area contributed by atoms with E-state index in [9.17, 15) is 0 Å². The molecule has 0 saturated heterocycles. The molecule has 68 valence electrons. The van der Waals surface area contributed by atoms with Gasteiger partial charge in [0.25, 0.3) is 0 Å². The van der Waals surface area contributed by atoms with Crippen molar-refractivity contribution in [3.8, 4) is 6.07 Å². The fourth-order valence-electron chi connectivity index (χ4n) is 1.46. The van der Waals surface area contributed by atoms with Crippen molar-refractivity contribution in [3.63, 3.8) is 0 Å². The van der Waals surface area contributed by atoms with Crippen LogP contribution in [0.3, 0.4) is 0 Å². The van der Waals surface area contributed by atoms with Gasteiger partial charge in [-0.15, -0.1) is 0 Å². The van der Waals surface area contributed by atoms with Gasteiger partial charge in [-0.3, -0.25) is 0 Å². The SMILES string of the molecule is Cc1ccc(C)c(CCO)c1C#N. The monoisotopic (exact) mass is 175 g/mol. The van der Waals surface area contributed by atoms with Crippen molar-refractivity contribution >= 4 is 0 Å². The van der Waals surface area contributed by atoms with E-state index in [0.29, 0.717) is 12.0 Å². The first-order chi connectivity index (χ1) is 6.20. The van der Waals surface area contributed by atoms with Crippen LogP contribution in [0.5, 0.6) is 0 Å². The zero-order chi connectivity index (χ0) is 9.84. The maximum absolute atomic E-state index is 8.92. The molecule has 0 spiro atoms. The van der Waals surface area contributed by atoms with E-state index in [1.165, 1.54) is 0 Å². The third-order valence-corrected chi connectivity index (χ3v) is 2.23. The van der Waals surface area contributed by atoms with Crippen LogP contribution in [0.1, 0.15) is 22.3 Å². The maximum atomic E-state index is 8.92. The van der Waals surface area contributed by atoms with Crippen molar-refractivity contribution in [2.75, 3.05) is 6.61 Å². The molecule has 2 heteroatoms. The summed E-state index contributed by atoms with van der Waals surface area (Å²) in [6.07, 6.45) is 0.566. The van der Waals surface area contributed by atoms with E-state index < -0.39 is 0 Å². The molecule has 1 aromatic carbocycles. The summed E-state index contributed by atoms with van der Waals surface area (Å²) in [5.41, 5.74) is 3.76. The van der Waals surface area contributed by atoms with Gasteiger partial charge in [-0.05, 0) is 37.0 Å². The molecule has 0 aromatic heterocycles. The molecule has 0 aliphatic carbocycles. The van der Waals surface area contributed by atoms with E-state index >= 15 is 0 Å². The second-order valence-electron chi connectivity index (χ2n) is 3.14. The molecule has 0 amide bonds. The largest absolute Gasteiger partial charge is 0.396 e. The van der Waals surface area contributed by atoms with Crippen LogP contribution in [0.4, 0.5) is 0 Å². The van der Waals surface area contributed by atoms with Crippen molar-refractivity contribution in [1.82, 2.24) is 0 Å². The summed E-state index contributed by atoms with van der Waals surface area (Å²) in [7, 11) is 0. The van der Waals surface area contributed by atoms with Gasteiger partial charge in [0, 0.05) is 6.61 Å². The minimum atomic E-state index is 0.0962. The second-order valence-corrected chi connectivity index (χ2v) is 3.14. The van der Waals surface area contributed by atoms with Crippen LogP contribution in [-0.4, -0.2) is 11.7 Å². The first-order valence-corrected chi connectivity index (χ1v) is 4.30. The van der Waals surface area contributed by atoms with Gasteiger partial charge in [0.05, 0.1) is 11.6 Å². The van der Waals surface area contributed by atoms with E-state index in [-0.39, 0.29) is 6.61 Å². The van der Waals surface area contributed by atoms with Gasteiger partial charge >= 0.3 is 0 Å². The van der Waals surface area contributed by atoms with Gasteiger partial charge < -0.3 is 5.11 Å². The van der Waals surface area contributed by atoms with Crippen molar-refractivity contribution in [2.45, 2.75) is 20.3 Å². The normalized spacial score (nSPS) is 9.69. The van der Waals surface area contributed by atoms with Gasteiger partial charge in [0.15, 0.2) is 0 Å². The third kappa shape index (κ3) is 1.88. The fraction of sp³-hybridized carbons (Fsp3) is 0.364. The highest BCUT2D eigenvalue weighted by Gasteiger charge is 2.07. The lowest BCUT2D eigenvalue weighted by molar-refractivity contribution is 0.299. The number of benzene rings is 1. The summed E-state index contributed by atoms with van der Waals surface area (Å²) in [5.74, 6) is 0. The number of nitriles is 1. The van der Waals surface area contributed by atoms with Gasteiger partial charge in [-0.2, -0.15) is 5.26 Å². The number of aliphatic hydroxyl groups is 1. The van der Waals surface area contributed by atoms with Crippen LogP contribution in [0.15, 0.2) is 12.1 Å². The minimum absolute atomic E-state index is 0.0962. The lowest BCUT2D eigenvalue weighted by Crippen LogP contribution is -2.00. The maximum Gasteiger partial charge on any atom is 0.0997 e. The molecular weight excluding hydrogens is 162 g/mol. The predicted octanol–water partition coefficient (Wildman–Crippen LogP) is 1.71. The van der Waals surface area contributed by atoms with Gasteiger partial charge in [0.1, 0.15) is 0 Å². The Morgan fingerprint density at radius 2 is 1.92 bits per heavy atom. The molecule has 1 aromatic rings. The molecule has 0 fully saturated rings. The molecule has 0 bridgehead atoms. The number of hydrogen-bond acceptors (Lipinski definition) is 2. The van der Waals surface area contributed by atoms with E-state index in [1.807, 2.05) is 26.0 Å². The van der Waals surface area contributed by atoms with Crippen LogP contribution < -0.4 is 0 Å². The minimum Gasteiger partial charge on any atom is -0.396 e. The average molecular weight is 175 g/mol. The molecule has 0 aliphatic rings. The summed E-state index contributed by atoms with van der Waals surface area (Å²) in [6, 6.07) is 6.10. The molecule has 0 unspecified atom stereocenters. The van der Waals surface area contributed by atoms with E-state index in [0.717, 1.165) is 16.7 Å². The highest BCUT2D eigenvalue weighted by atomic mass is 16.2. The Balaban J connectivity index is 3.28. The number of rotatable bonds is 2. The van der Waals surface area contributed by atoms with Gasteiger partial charge in [-0.1, -0.05) is 12.1 Å². The Morgan fingerprint density at radius 3 is 2.46 bits per heavy atom. The van der Waals surface area contributed by atoms with Crippen LogP contribution >= 0.6 is 0 Å². The highest BCUT2D eigenvalue weighted by Crippen LogP contribution is 2.17. The van der Waals surface area contributed by atoms with Gasteiger partial charge in [-0.25, -0.2) is 0 Å². The molecule has 1 N–H and O–H groups in total. The summed E-state index contributed by atoms with van der Waals surface area (Å²) in [6.45, 7) is 3.98. The first kappa shape index (κ1) is 9.76.